The first kappa shape index (κ1) is 17.9. The Hall–Kier alpha value is -3.21. The fourth-order valence-electron chi connectivity index (χ4n) is 3.90. The molecule has 10 nitrogen and oxygen atoms in total. The van der Waals surface area contributed by atoms with E-state index in [0.717, 1.165) is 5.39 Å². The van der Waals surface area contributed by atoms with E-state index in [4.69, 9.17) is 9.47 Å². The number of ether oxygens (including phenoxy) is 2. The summed E-state index contributed by atoms with van der Waals surface area (Å²) in [5, 5.41) is 20.6. The highest BCUT2D eigenvalue weighted by Crippen LogP contribution is 2.30. The monoisotopic (exact) mass is 398 g/mol. The van der Waals surface area contributed by atoms with E-state index in [1.165, 1.54) is 8.97 Å². The first-order valence-corrected chi connectivity index (χ1v) is 9.09. The van der Waals surface area contributed by atoms with E-state index in [-0.39, 0.29) is 18.7 Å². The first-order valence-electron chi connectivity index (χ1n) is 9.09. The highest BCUT2D eigenvalue weighted by molar-refractivity contribution is 5.99. The fourth-order valence-corrected chi connectivity index (χ4v) is 3.90. The Morgan fingerprint density at radius 2 is 2.14 bits per heavy atom. The maximum atomic E-state index is 12.6. The van der Waals surface area contributed by atoms with Crippen LogP contribution >= 0.6 is 0 Å². The predicted octanol–water partition coefficient (Wildman–Crippen LogP) is 0.140. The van der Waals surface area contributed by atoms with Gasteiger partial charge in [0.1, 0.15) is 18.1 Å². The quantitative estimate of drug-likeness (QED) is 0.447. The summed E-state index contributed by atoms with van der Waals surface area (Å²) in [7, 11) is 1.57. The van der Waals surface area contributed by atoms with Crippen LogP contribution in [0.1, 0.15) is 12.6 Å². The van der Waals surface area contributed by atoms with Gasteiger partial charge in [-0.1, -0.05) is 0 Å². The normalized spacial score (nSPS) is 22.1. The van der Waals surface area contributed by atoms with Gasteiger partial charge < -0.3 is 19.7 Å². The molecule has 0 spiro atoms. The van der Waals surface area contributed by atoms with Crippen molar-refractivity contribution in [1.82, 2.24) is 18.9 Å². The van der Waals surface area contributed by atoms with E-state index in [1.54, 1.807) is 25.4 Å². The average molecular weight is 398 g/mol. The minimum atomic E-state index is -0.883. The number of fused-ring (bicyclic) bond motifs is 5. The van der Waals surface area contributed by atoms with Gasteiger partial charge in [-0.25, -0.2) is 9.59 Å². The van der Waals surface area contributed by atoms with Crippen LogP contribution in [-0.4, -0.2) is 55.1 Å². The van der Waals surface area contributed by atoms with Gasteiger partial charge in [-0.3, -0.25) is 14.0 Å². The Labute approximate surface area is 162 Å². The molecule has 0 amide bonds. The zero-order valence-corrected chi connectivity index (χ0v) is 15.4. The van der Waals surface area contributed by atoms with Gasteiger partial charge in [0.15, 0.2) is 5.65 Å². The maximum absolute atomic E-state index is 12.6. The molecular formula is C19H18N4O6. The van der Waals surface area contributed by atoms with Crippen molar-refractivity contribution in [2.24, 2.45) is 0 Å². The number of methoxy groups -OCH3 is 1. The van der Waals surface area contributed by atoms with Crippen molar-refractivity contribution in [2.75, 3.05) is 13.7 Å². The van der Waals surface area contributed by atoms with Gasteiger partial charge in [-0.2, -0.15) is 4.98 Å². The maximum Gasteiger partial charge on any atom is 0.351 e. The zero-order valence-electron chi connectivity index (χ0n) is 15.4. The molecule has 150 valence electrons. The number of hydrogen-bond donors (Lipinski definition) is 3. The Bertz CT molecular complexity index is 1370. The molecule has 0 aliphatic carbocycles. The van der Waals surface area contributed by atoms with E-state index in [9.17, 15) is 19.8 Å². The molecule has 10 heteroatoms. The summed E-state index contributed by atoms with van der Waals surface area (Å²) in [5.41, 5.74) is 0.395. The van der Waals surface area contributed by atoms with Crippen molar-refractivity contribution in [3.8, 4) is 5.75 Å². The SMILES string of the molecule is COc1ccc2c(c1)cc1c3cn([C@H]4C[C@H](O)[C@@H](CO)O4)c(=O)nc3[nH]c(=O)n21. The third-order valence-corrected chi connectivity index (χ3v) is 5.36. The summed E-state index contributed by atoms with van der Waals surface area (Å²) in [6.07, 6.45) is -0.697. The van der Waals surface area contributed by atoms with Crippen molar-refractivity contribution >= 4 is 27.5 Å². The average Bonchev–Trinajstić information content (AvgIpc) is 3.27. The molecule has 3 atom stereocenters. The topological polar surface area (TPSA) is 131 Å². The van der Waals surface area contributed by atoms with Gasteiger partial charge in [-0.05, 0) is 24.3 Å². The van der Waals surface area contributed by atoms with Crippen LogP contribution in [-0.2, 0) is 4.74 Å². The lowest BCUT2D eigenvalue weighted by Crippen LogP contribution is -2.29. The Kier molecular flexibility index (Phi) is 3.95. The second-order valence-corrected chi connectivity index (χ2v) is 7.03. The standard InChI is InChI=1S/C19H18N4O6/c1-28-10-2-3-12-9(4-10)5-13-11-7-22(16-6-14(25)15(8-24)29-16)18(26)20-17(11)21-19(27)23(12)13/h2-5,7,14-16,24-25H,6,8H2,1H3,(H,20,21,26,27)/t14-,15+,16+/m0/s1. The van der Waals surface area contributed by atoms with E-state index in [0.29, 0.717) is 22.2 Å². The van der Waals surface area contributed by atoms with Crippen LogP contribution in [0, 0.1) is 0 Å². The number of aromatic amines is 1. The highest BCUT2D eigenvalue weighted by atomic mass is 16.5. The van der Waals surface area contributed by atoms with Crippen LogP contribution < -0.4 is 16.1 Å². The smallest absolute Gasteiger partial charge is 0.351 e. The molecule has 0 bridgehead atoms. The molecule has 1 aliphatic heterocycles. The molecule has 0 radical (unpaired) electrons. The summed E-state index contributed by atoms with van der Waals surface area (Å²) in [4.78, 5) is 31.8. The molecule has 29 heavy (non-hydrogen) atoms. The van der Waals surface area contributed by atoms with Crippen molar-refractivity contribution in [1.29, 1.82) is 0 Å². The van der Waals surface area contributed by atoms with Gasteiger partial charge in [0.25, 0.3) is 0 Å². The molecule has 4 heterocycles. The number of hydrogen-bond acceptors (Lipinski definition) is 7. The van der Waals surface area contributed by atoms with Crippen LogP contribution in [0.3, 0.4) is 0 Å². The summed E-state index contributed by atoms with van der Waals surface area (Å²) in [6, 6.07) is 7.19. The summed E-state index contributed by atoms with van der Waals surface area (Å²) >= 11 is 0. The third-order valence-electron chi connectivity index (χ3n) is 5.36. The van der Waals surface area contributed by atoms with Crippen LogP contribution in [0.15, 0.2) is 40.1 Å². The Balaban J connectivity index is 1.77. The Morgan fingerprint density at radius 1 is 1.31 bits per heavy atom. The minimum absolute atomic E-state index is 0.151. The minimum Gasteiger partial charge on any atom is -0.497 e. The summed E-state index contributed by atoms with van der Waals surface area (Å²) < 4.78 is 13.6. The predicted molar refractivity (Wildman–Crippen MR) is 103 cm³/mol. The largest absolute Gasteiger partial charge is 0.497 e. The molecule has 1 aromatic carbocycles. The molecular weight excluding hydrogens is 380 g/mol. The molecule has 5 rings (SSSR count). The number of nitrogens with zero attached hydrogens (tertiary/aromatic N) is 3. The first-order chi connectivity index (χ1) is 14.0. The number of rotatable bonds is 3. The second-order valence-electron chi connectivity index (χ2n) is 7.03. The van der Waals surface area contributed by atoms with E-state index in [1.807, 2.05) is 12.1 Å². The molecule has 1 aliphatic rings. The molecule has 0 unspecified atom stereocenters. The molecule has 3 aromatic heterocycles. The number of aliphatic hydroxyl groups excluding tert-OH is 2. The number of aliphatic hydroxyl groups is 2. The third kappa shape index (κ3) is 2.64. The van der Waals surface area contributed by atoms with Crippen LogP contribution in [0.25, 0.3) is 27.5 Å². The second kappa shape index (κ2) is 6.41. The van der Waals surface area contributed by atoms with Crippen LogP contribution in [0.5, 0.6) is 5.75 Å². The molecule has 1 fully saturated rings. The van der Waals surface area contributed by atoms with Crippen molar-refractivity contribution in [3.63, 3.8) is 0 Å². The van der Waals surface area contributed by atoms with E-state index >= 15 is 0 Å². The van der Waals surface area contributed by atoms with Crippen molar-refractivity contribution in [3.05, 3.63) is 51.4 Å². The molecule has 0 saturated carbocycles. The zero-order chi connectivity index (χ0) is 20.3. The van der Waals surface area contributed by atoms with Gasteiger partial charge in [0, 0.05) is 18.0 Å². The van der Waals surface area contributed by atoms with Gasteiger partial charge in [0.05, 0.1) is 36.2 Å². The highest BCUT2D eigenvalue weighted by Gasteiger charge is 2.35. The number of H-pyrrole nitrogens is 1. The number of benzene rings is 1. The number of aromatic nitrogens is 4. The van der Waals surface area contributed by atoms with E-state index < -0.39 is 29.8 Å². The van der Waals surface area contributed by atoms with Gasteiger partial charge in [-0.15, -0.1) is 0 Å². The molecule has 3 N–H and O–H groups in total. The van der Waals surface area contributed by atoms with Crippen molar-refractivity contribution < 1.29 is 19.7 Å². The van der Waals surface area contributed by atoms with E-state index in [2.05, 4.69) is 9.97 Å². The Morgan fingerprint density at radius 3 is 2.86 bits per heavy atom. The van der Waals surface area contributed by atoms with Gasteiger partial charge >= 0.3 is 11.4 Å². The lowest BCUT2D eigenvalue weighted by Gasteiger charge is -2.15. The molecule has 4 aromatic rings. The lowest BCUT2D eigenvalue weighted by atomic mass is 10.2. The summed E-state index contributed by atoms with van der Waals surface area (Å²) in [6.45, 7) is -0.350. The van der Waals surface area contributed by atoms with Crippen LogP contribution in [0.4, 0.5) is 0 Å². The fraction of sp³-hybridized carbons (Fsp3) is 0.316. The lowest BCUT2D eigenvalue weighted by molar-refractivity contribution is -0.0457. The van der Waals surface area contributed by atoms with Gasteiger partial charge in [0.2, 0.25) is 0 Å². The summed E-state index contributed by atoms with van der Waals surface area (Å²) in [5.74, 6) is 0.660. The van der Waals surface area contributed by atoms with Crippen molar-refractivity contribution in [2.45, 2.75) is 24.9 Å². The van der Waals surface area contributed by atoms with Crippen LogP contribution in [0.2, 0.25) is 0 Å². The molecule has 1 saturated heterocycles. The number of nitrogens with one attached hydrogen (secondary N) is 1.